The summed E-state index contributed by atoms with van der Waals surface area (Å²) < 4.78 is 27.9. The molecule has 0 atom stereocenters. The maximum absolute atomic E-state index is 14.2. The highest BCUT2D eigenvalue weighted by Gasteiger charge is 2.10. The minimum absolute atomic E-state index is 0.113. The summed E-state index contributed by atoms with van der Waals surface area (Å²) >= 11 is 0. The first-order valence-corrected chi connectivity index (χ1v) is 10.7. The average molecular weight is 453 g/mol. The molecular formula is C27H21F2N5. The van der Waals surface area contributed by atoms with E-state index >= 15 is 0 Å². The van der Waals surface area contributed by atoms with Crippen molar-refractivity contribution in [3.05, 3.63) is 97.0 Å². The van der Waals surface area contributed by atoms with E-state index in [0.29, 0.717) is 11.4 Å². The predicted octanol–water partition coefficient (Wildman–Crippen LogP) is 6.45. The normalized spacial score (nSPS) is 10.9. The molecule has 0 aliphatic rings. The van der Waals surface area contributed by atoms with E-state index in [0.717, 1.165) is 51.7 Å². The van der Waals surface area contributed by atoms with Crippen LogP contribution in [0.2, 0.25) is 0 Å². The van der Waals surface area contributed by atoms with Crippen LogP contribution in [-0.4, -0.2) is 29.0 Å². The molecule has 0 amide bonds. The first kappa shape index (κ1) is 21.5. The molecule has 0 saturated carbocycles. The molecule has 5 aromatic rings. The Morgan fingerprint density at radius 2 is 1.59 bits per heavy atom. The molecule has 1 N–H and O–H groups in total. The van der Waals surface area contributed by atoms with Gasteiger partial charge in [-0.15, -0.1) is 0 Å². The summed E-state index contributed by atoms with van der Waals surface area (Å²) in [4.78, 5) is 15.2. The quantitative estimate of drug-likeness (QED) is 0.332. The third-order valence-electron chi connectivity index (χ3n) is 5.53. The molecule has 3 aromatic heterocycles. The van der Waals surface area contributed by atoms with Gasteiger partial charge in [-0.25, -0.2) is 13.8 Å². The van der Waals surface area contributed by atoms with Crippen LogP contribution < -0.4 is 10.2 Å². The number of aromatic nitrogens is 3. The van der Waals surface area contributed by atoms with Gasteiger partial charge in [0.1, 0.15) is 17.5 Å². The van der Waals surface area contributed by atoms with Crippen molar-refractivity contribution in [3.63, 3.8) is 0 Å². The Hall–Kier alpha value is -4.39. The van der Waals surface area contributed by atoms with Crippen molar-refractivity contribution >= 4 is 28.1 Å². The van der Waals surface area contributed by atoms with E-state index in [9.17, 15) is 8.78 Å². The average Bonchev–Trinajstić information content (AvgIpc) is 2.85. The van der Waals surface area contributed by atoms with E-state index in [1.807, 2.05) is 61.6 Å². The zero-order chi connectivity index (χ0) is 23.7. The number of pyridine rings is 3. The number of nitrogens with zero attached hydrogens (tertiary/aromatic N) is 4. The van der Waals surface area contributed by atoms with Crippen LogP contribution in [0.1, 0.15) is 0 Å². The molecule has 0 spiro atoms. The zero-order valence-electron chi connectivity index (χ0n) is 18.6. The minimum Gasteiger partial charge on any atom is -0.363 e. The fourth-order valence-electron chi connectivity index (χ4n) is 3.76. The van der Waals surface area contributed by atoms with E-state index in [1.54, 1.807) is 24.5 Å². The molecule has 3 heterocycles. The summed E-state index contributed by atoms with van der Waals surface area (Å²) in [6.45, 7) is 0. The molecule has 34 heavy (non-hydrogen) atoms. The van der Waals surface area contributed by atoms with E-state index in [1.165, 1.54) is 0 Å². The van der Waals surface area contributed by atoms with Gasteiger partial charge in [0.2, 0.25) is 0 Å². The predicted molar refractivity (Wildman–Crippen MR) is 132 cm³/mol. The number of benzene rings is 2. The monoisotopic (exact) mass is 453 g/mol. The highest BCUT2D eigenvalue weighted by atomic mass is 19.1. The first-order chi connectivity index (χ1) is 16.5. The van der Waals surface area contributed by atoms with E-state index in [2.05, 4.69) is 20.3 Å². The van der Waals surface area contributed by atoms with E-state index < -0.39 is 11.6 Å². The molecule has 168 valence electrons. The van der Waals surface area contributed by atoms with Gasteiger partial charge in [-0.05, 0) is 60.2 Å². The van der Waals surface area contributed by atoms with Gasteiger partial charge in [-0.3, -0.25) is 9.97 Å². The van der Waals surface area contributed by atoms with Crippen LogP contribution in [0.25, 0.3) is 33.3 Å². The lowest BCUT2D eigenvalue weighted by atomic mass is 10.0. The topological polar surface area (TPSA) is 53.9 Å². The molecule has 5 nitrogen and oxygen atoms in total. The van der Waals surface area contributed by atoms with Crippen LogP contribution >= 0.6 is 0 Å². The van der Waals surface area contributed by atoms with Crippen LogP contribution in [-0.2, 0) is 0 Å². The Balaban J connectivity index is 1.46. The number of halogens is 2. The second-order valence-corrected chi connectivity index (χ2v) is 8.07. The van der Waals surface area contributed by atoms with Crippen LogP contribution in [0.5, 0.6) is 0 Å². The smallest absolute Gasteiger partial charge is 0.132 e. The number of hydrogen-bond acceptors (Lipinski definition) is 5. The summed E-state index contributed by atoms with van der Waals surface area (Å²) in [5.41, 5.74) is 4.84. The number of fused-ring (bicyclic) bond motifs is 1. The summed E-state index contributed by atoms with van der Waals surface area (Å²) in [7, 11) is 3.91. The van der Waals surface area contributed by atoms with Crippen molar-refractivity contribution in [3.8, 4) is 22.4 Å². The lowest BCUT2D eigenvalue weighted by Gasteiger charge is -2.13. The lowest BCUT2D eigenvalue weighted by Crippen LogP contribution is -2.09. The van der Waals surface area contributed by atoms with Gasteiger partial charge in [-0.1, -0.05) is 12.1 Å². The first-order valence-electron chi connectivity index (χ1n) is 10.7. The largest absolute Gasteiger partial charge is 0.363 e. The van der Waals surface area contributed by atoms with Crippen LogP contribution in [0, 0.1) is 11.6 Å². The highest BCUT2D eigenvalue weighted by molar-refractivity contribution is 5.95. The molecular weight excluding hydrogens is 432 g/mol. The zero-order valence-corrected chi connectivity index (χ0v) is 18.6. The summed E-state index contributed by atoms with van der Waals surface area (Å²) in [6.07, 6.45) is 5.15. The van der Waals surface area contributed by atoms with Gasteiger partial charge in [-0.2, -0.15) is 0 Å². The molecule has 0 aliphatic heterocycles. The fraction of sp³-hybridized carbons (Fsp3) is 0.0741. The molecule has 0 unspecified atom stereocenters. The third-order valence-corrected chi connectivity index (χ3v) is 5.53. The van der Waals surface area contributed by atoms with E-state index in [-0.39, 0.29) is 5.56 Å². The number of nitrogens with one attached hydrogen (secondary N) is 1. The standard InChI is InChI=1S/C27H21F2N5/c1-34(2)27-8-4-18(16-32-27)17-3-6-21-24(10-12-31-25(21)13-17)33-20-9-11-30-26(15-20)22-14-19(28)5-7-23(22)29/h3-16H,1-2H3,(H,30,31,33). The van der Waals surface area contributed by atoms with Crippen molar-refractivity contribution in [1.82, 2.24) is 15.0 Å². The van der Waals surface area contributed by atoms with Crippen molar-refractivity contribution in [2.75, 3.05) is 24.3 Å². The molecule has 0 bridgehead atoms. The Morgan fingerprint density at radius 3 is 2.38 bits per heavy atom. The van der Waals surface area contributed by atoms with Gasteiger partial charge in [0, 0.05) is 60.6 Å². The second kappa shape index (κ2) is 8.86. The van der Waals surface area contributed by atoms with Crippen molar-refractivity contribution in [1.29, 1.82) is 0 Å². The molecule has 0 aliphatic carbocycles. The molecule has 0 fully saturated rings. The van der Waals surface area contributed by atoms with Crippen LogP contribution in [0.4, 0.5) is 26.0 Å². The Bertz CT molecular complexity index is 1480. The molecule has 0 saturated heterocycles. The molecule has 7 heteroatoms. The van der Waals surface area contributed by atoms with E-state index in [4.69, 9.17) is 0 Å². The number of rotatable bonds is 5. The molecule has 0 radical (unpaired) electrons. The fourth-order valence-corrected chi connectivity index (χ4v) is 3.76. The molecule has 5 rings (SSSR count). The second-order valence-electron chi connectivity index (χ2n) is 8.07. The Morgan fingerprint density at radius 1 is 0.765 bits per heavy atom. The van der Waals surface area contributed by atoms with Gasteiger partial charge in [0.05, 0.1) is 11.2 Å². The van der Waals surface area contributed by atoms with Crippen LogP contribution in [0.3, 0.4) is 0 Å². The van der Waals surface area contributed by atoms with Crippen molar-refractivity contribution in [2.24, 2.45) is 0 Å². The van der Waals surface area contributed by atoms with Gasteiger partial charge >= 0.3 is 0 Å². The Labute approximate surface area is 195 Å². The SMILES string of the molecule is CN(C)c1ccc(-c2ccc3c(Nc4ccnc(-c5cc(F)ccc5F)c4)ccnc3c2)cn1. The van der Waals surface area contributed by atoms with Gasteiger partial charge in [0.25, 0.3) is 0 Å². The van der Waals surface area contributed by atoms with Gasteiger partial charge in [0.15, 0.2) is 0 Å². The lowest BCUT2D eigenvalue weighted by molar-refractivity contribution is 0.602. The van der Waals surface area contributed by atoms with Crippen molar-refractivity contribution < 1.29 is 8.78 Å². The summed E-state index contributed by atoms with van der Waals surface area (Å²) in [5.74, 6) is -0.149. The number of anilines is 3. The third kappa shape index (κ3) is 4.28. The maximum atomic E-state index is 14.2. The van der Waals surface area contributed by atoms with Crippen molar-refractivity contribution in [2.45, 2.75) is 0 Å². The maximum Gasteiger partial charge on any atom is 0.132 e. The van der Waals surface area contributed by atoms with Crippen LogP contribution in [0.15, 0.2) is 85.3 Å². The highest BCUT2D eigenvalue weighted by Crippen LogP contribution is 2.31. The number of hydrogen-bond donors (Lipinski definition) is 1. The summed E-state index contributed by atoms with van der Waals surface area (Å²) in [6, 6.07) is 18.7. The minimum atomic E-state index is -0.527. The summed E-state index contributed by atoms with van der Waals surface area (Å²) in [5, 5.41) is 4.29. The Kier molecular flexibility index (Phi) is 5.59. The van der Waals surface area contributed by atoms with Gasteiger partial charge < -0.3 is 10.2 Å². The molecule has 2 aromatic carbocycles.